The second-order valence-electron chi connectivity index (χ2n) is 3.78. The van der Waals surface area contributed by atoms with Crippen molar-refractivity contribution in [1.29, 1.82) is 0 Å². The number of alkyl halides is 6. The van der Waals surface area contributed by atoms with Gasteiger partial charge in [-0.3, -0.25) is 5.32 Å². The fraction of sp³-hybridized carbons (Fsp3) is 0.400. The van der Waals surface area contributed by atoms with Crippen LogP contribution in [0.2, 0.25) is 0 Å². The smallest absolute Gasteiger partial charge is 0.318 e. The number of urea groups is 1. The normalized spacial score (nSPS) is 12.4. The molecule has 0 aliphatic rings. The Morgan fingerprint density at radius 1 is 1.15 bits per heavy atom. The van der Waals surface area contributed by atoms with Gasteiger partial charge in [-0.1, -0.05) is 6.07 Å². The second kappa shape index (κ2) is 5.55. The van der Waals surface area contributed by atoms with Crippen LogP contribution in [0.4, 0.5) is 37.0 Å². The molecule has 0 saturated carbocycles. The van der Waals surface area contributed by atoms with Gasteiger partial charge in [0.05, 0.1) is 0 Å². The molecule has 0 aliphatic heterocycles. The highest BCUT2D eigenvalue weighted by atomic mass is 19.4. The van der Waals surface area contributed by atoms with Crippen LogP contribution in [0.25, 0.3) is 0 Å². The maximum Gasteiger partial charge on any atom is 0.417 e. The van der Waals surface area contributed by atoms with Gasteiger partial charge >= 0.3 is 18.4 Å². The van der Waals surface area contributed by atoms with Crippen LogP contribution >= 0.6 is 0 Å². The molecule has 0 saturated heterocycles. The molecule has 20 heavy (non-hydrogen) atoms. The van der Waals surface area contributed by atoms with Crippen LogP contribution in [0, 0.1) is 6.92 Å². The molecular weight excluding hydrogens is 292 g/mol. The molecule has 0 spiro atoms. The number of hydrogen-bond donors (Lipinski definition) is 2. The lowest BCUT2D eigenvalue weighted by molar-refractivity contribution is -0.255. The van der Waals surface area contributed by atoms with Crippen LogP contribution in [-0.2, 0) is 0 Å². The molecule has 112 valence electrons. The van der Waals surface area contributed by atoms with Gasteiger partial charge in [0.25, 0.3) is 0 Å². The molecule has 1 aromatic rings. The number of carbonyl (C=O) groups excluding carboxylic acids is 1. The van der Waals surface area contributed by atoms with E-state index in [1.54, 1.807) is 5.32 Å². The fourth-order valence-corrected chi connectivity index (χ4v) is 1.25. The predicted octanol–water partition coefficient (Wildman–Crippen LogP) is 3.00. The van der Waals surface area contributed by atoms with Crippen molar-refractivity contribution in [3.63, 3.8) is 0 Å². The molecule has 1 aromatic heterocycles. The van der Waals surface area contributed by atoms with Gasteiger partial charge < -0.3 is 5.32 Å². The average Bonchev–Trinajstić information content (AvgIpc) is 2.22. The lowest BCUT2D eigenvalue weighted by atomic mass is 10.3. The molecule has 0 aromatic carbocycles. The molecule has 1 rings (SSSR count). The molecule has 2 amide bonds. The van der Waals surface area contributed by atoms with Crippen molar-refractivity contribution >= 4 is 11.8 Å². The van der Waals surface area contributed by atoms with Crippen molar-refractivity contribution in [1.82, 2.24) is 10.3 Å². The average molecular weight is 301 g/mol. The summed E-state index contributed by atoms with van der Waals surface area (Å²) in [5.41, 5.74) is 0.436. The fourth-order valence-electron chi connectivity index (χ4n) is 1.25. The number of amides is 2. The molecule has 10 heteroatoms. The van der Waals surface area contributed by atoms with Gasteiger partial charge in [0.15, 0.2) is 0 Å². The zero-order chi connectivity index (χ0) is 15.6. The molecule has 0 radical (unpaired) electrons. The van der Waals surface area contributed by atoms with E-state index in [4.69, 9.17) is 0 Å². The standard InChI is InChI=1S/C10H9F6N3O/c1-5-3-2-4-6(17-5)18-8(20)19-7(9(11,12)13)10(14,15)16/h2-4,7H,1H3,(H2,17,18,19,20). The third-order valence-corrected chi connectivity index (χ3v) is 2.06. The molecule has 2 N–H and O–H groups in total. The SMILES string of the molecule is Cc1cccc(NC(=O)NC(C(F)(F)F)C(F)(F)F)n1. The summed E-state index contributed by atoms with van der Waals surface area (Å²) in [5.74, 6) is -0.161. The van der Waals surface area contributed by atoms with Gasteiger partial charge in [0, 0.05) is 5.69 Å². The van der Waals surface area contributed by atoms with Crippen molar-refractivity contribution in [2.24, 2.45) is 0 Å². The van der Waals surface area contributed by atoms with Crippen molar-refractivity contribution < 1.29 is 31.1 Å². The minimum absolute atomic E-state index is 0.161. The summed E-state index contributed by atoms with van der Waals surface area (Å²) < 4.78 is 73.2. The molecule has 0 unspecified atom stereocenters. The van der Waals surface area contributed by atoms with Crippen LogP contribution < -0.4 is 10.6 Å². The van der Waals surface area contributed by atoms with E-state index in [1.807, 2.05) is 0 Å². The number of halogens is 6. The van der Waals surface area contributed by atoms with Crippen molar-refractivity contribution in [3.8, 4) is 0 Å². The predicted molar refractivity (Wildman–Crippen MR) is 57.0 cm³/mol. The van der Waals surface area contributed by atoms with E-state index in [2.05, 4.69) is 4.98 Å². The first kappa shape index (κ1) is 16.1. The summed E-state index contributed by atoms with van der Waals surface area (Å²) in [6.45, 7) is 1.54. The van der Waals surface area contributed by atoms with Crippen LogP contribution in [0.3, 0.4) is 0 Å². The highest BCUT2D eigenvalue weighted by molar-refractivity contribution is 5.88. The number of pyridine rings is 1. The Kier molecular flexibility index (Phi) is 4.46. The Bertz CT molecular complexity index is 471. The summed E-state index contributed by atoms with van der Waals surface area (Å²) in [5, 5.41) is 2.62. The van der Waals surface area contributed by atoms with E-state index in [-0.39, 0.29) is 5.82 Å². The highest BCUT2D eigenvalue weighted by Crippen LogP contribution is 2.33. The molecular formula is C10H9F6N3O. The van der Waals surface area contributed by atoms with E-state index >= 15 is 0 Å². The van der Waals surface area contributed by atoms with E-state index < -0.39 is 24.4 Å². The van der Waals surface area contributed by atoms with Crippen LogP contribution in [0.5, 0.6) is 0 Å². The zero-order valence-electron chi connectivity index (χ0n) is 9.93. The number of rotatable bonds is 2. The number of aromatic nitrogens is 1. The van der Waals surface area contributed by atoms with E-state index in [0.29, 0.717) is 5.69 Å². The summed E-state index contributed by atoms with van der Waals surface area (Å²) in [6.07, 6.45) is -11.3. The van der Waals surface area contributed by atoms with E-state index in [9.17, 15) is 31.1 Å². The van der Waals surface area contributed by atoms with Gasteiger partial charge in [-0.2, -0.15) is 26.3 Å². The molecule has 4 nitrogen and oxygen atoms in total. The first-order chi connectivity index (χ1) is 9.00. The van der Waals surface area contributed by atoms with Crippen molar-refractivity contribution in [3.05, 3.63) is 23.9 Å². The molecule has 0 aliphatic carbocycles. The summed E-state index contributed by atoms with van der Waals surface area (Å²) in [6, 6.07) is -1.40. The summed E-state index contributed by atoms with van der Waals surface area (Å²) >= 11 is 0. The molecule has 1 heterocycles. The minimum Gasteiger partial charge on any atom is -0.318 e. The first-order valence-corrected chi connectivity index (χ1v) is 5.15. The van der Waals surface area contributed by atoms with Gasteiger partial charge in [-0.05, 0) is 19.1 Å². The Hall–Kier alpha value is -2.00. The Balaban J connectivity index is 2.78. The van der Waals surface area contributed by atoms with Crippen LogP contribution in [0.15, 0.2) is 18.2 Å². The number of nitrogens with one attached hydrogen (secondary N) is 2. The third kappa shape index (κ3) is 4.59. The zero-order valence-corrected chi connectivity index (χ0v) is 9.93. The Morgan fingerprint density at radius 3 is 2.15 bits per heavy atom. The summed E-state index contributed by atoms with van der Waals surface area (Å²) in [7, 11) is 0. The van der Waals surface area contributed by atoms with Gasteiger partial charge in [-0.15, -0.1) is 0 Å². The van der Waals surface area contributed by atoms with Crippen LogP contribution in [-0.4, -0.2) is 29.4 Å². The van der Waals surface area contributed by atoms with Gasteiger partial charge in [-0.25, -0.2) is 9.78 Å². The number of nitrogens with zero attached hydrogens (tertiary/aromatic N) is 1. The first-order valence-electron chi connectivity index (χ1n) is 5.15. The van der Waals surface area contributed by atoms with E-state index in [1.165, 1.54) is 25.1 Å². The Labute approximate surface area is 109 Å². The highest BCUT2D eigenvalue weighted by Gasteiger charge is 2.57. The quantitative estimate of drug-likeness (QED) is 0.825. The molecule has 0 bridgehead atoms. The lowest BCUT2D eigenvalue weighted by Gasteiger charge is -2.23. The largest absolute Gasteiger partial charge is 0.417 e. The number of carbonyl (C=O) groups is 1. The lowest BCUT2D eigenvalue weighted by Crippen LogP contribution is -2.55. The van der Waals surface area contributed by atoms with Crippen LogP contribution in [0.1, 0.15) is 5.69 Å². The summed E-state index contributed by atoms with van der Waals surface area (Å²) in [4.78, 5) is 14.9. The van der Waals surface area contributed by atoms with E-state index in [0.717, 1.165) is 5.32 Å². The Morgan fingerprint density at radius 2 is 1.70 bits per heavy atom. The number of anilines is 1. The van der Waals surface area contributed by atoms with Gasteiger partial charge in [0.2, 0.25) is 6.04 Å². The topological polar surface area (TPSA) is 54.0 Å². The second-order valence-corrected chi connectivity index (χ2v) is 3.78. The molecule has 0 fully saturated rings. The maximum atomic E-state index is 12.2. The minimum atomic E-state index is -5.64. The third-order valence-electron chi connectivity index (χ3n) is 2.06. The number of aryl methyl sites for hydroxylation is 1. The maximum absolute atomic E-state index is 12.2. The monoisotopic (exact) mass is 301 g/mol. The van der Waals surface area contributed by atoms with Crippen molar-refractivity contribution in [2.75, 3.05) is 5.32 Å². The molecule has 0 atom stereocenters. The number of hydrogen-bond acceptors (Lipinski definition) is 2. The van der Waals surface area contributed by atoms with Gasteiger partial charge in [0.1, 0.15) is 5.82 Å². The van der Waals surface area contributed by atoms with Crippen molar-refractivity contribution in [2.45, 2.75) is 25.3 Å².